The molecule has 3 N–H and O–H groups in total. The molecule has 2 amide bonds. The maximum absolute atomic E-state index is 11.5. The molecule has 1 aliphatic heterocycles. The summed E-state index contributed by atoms with van der Waals surface area (Å²) in [5.74, 6) is -0.693. The number of halogens is 1. The van der Waals surface area contributed by atoms with Crippen LogP contribution in [0.25, 0.3) is 5.57 Å². The second-order valence-corrected chi connectivity index (χ2v) is 4.17. The van der Waals surface area contributed by atoms with Gasteiger partial charge in [0.05, 0.1) is 9.15 Å². The van der Waals surface area contributed by atoms with Crippen molar-refractivity contribution in [3.05, 3.63) is 33.4 Å². The Morgan fingerprint density at radius 1 is 1.07 bits per heavy atom. The summed E-state index contributed by atoms with van der Waals surface area (Å²) in [5, 5.41) is 2.24. The highest BCUT2D eigenvalue weighted by Gasteiger charge is 2.29. The molecule has 0 unspecified atom stereocenters. The Morgan fingerprint density at radius 3 is 2.13 bits per heavy atom. The zero-order chi connectivity index (χ0) is 11.0. The fourth-order valence-corrected chi connectivity index (χ4v) is 2.03. The molecule has 0 radical (unpaired) electrons. The fraction of sp³-hybridized carbons (Fsp3) is 0. The maximum atomic E-state index is 11.5. The molecule has 1 aliphatic rings. The third kappa shape index (κ3) is 1.74. The van der Waals surface area contributed by atoms with Gasteiger partial charge in [0.15, 0.2) is 0 Å². The average molecular weight is 314 g/mol. The van der Waals surface area contributed by atoms with Crippen LogP contribution in [0.15, 0.2) is 27.8 Å². The lowest BCUT2D eigenvalue weighted by Crippen LogP contribution is -2.22. The molecule has 0 fully saturated rings. The van der Waals surface area contributed by atoms with E-state index in [0.717, 1.165) is 0 Å². The highest BCUT2D eigenvalue weighted by molar-refractivity contribution is 14.1. The van der Waals surface area contributed by atoms with E-state index in [9.17, 15) is 9.59 Å². The Hall–Kier alpha value is -1.37. The Balaban J connectivity index is 2.51. The molecule has 0 aromatic heterocycles. The topological polar surface area (TPSA) is 72.2 Å². The van der Waals surface area contributed by atoms with E-state index in [2.05, 4.69) is 5.32 Å². The molecular formula is C10H7IN2O2. The molecule has 15 heavy (non-hydrogen) atoms. The summed E-state index contributed by atoms with van der Waals surface area (Å²) < 4.78 is 0.419. The van der Waals surface area contributed by atoms with Gasteiger partial charge < -0.3 is 5.73 Å². The lowest BCUT2D eigenvalue weighted by molar-refractivity contribution is -0.123. The Labute approximate surface area is 99.7 Å². The first kappa shape index (κ1) is 10.2. The van der Waals surface area contributed by atoms with Gasteiger partial charge in [-0.2, -0.15) is 0 Å². The molecule has 76 valence electrons. The van der Waals surface area contributed by atoms with E-state index >= 15 is 0 Å². The average Bonchev–Trinajstić information content (AvgIpc) is 2.44. The molecule has 0 spiro atoms. The van der Waals surface area contributed by atoms with Crippen LogP contribution in [-0.2, 0) is 9.59 Å². The fourth-order valence-electron chi connectivity index (χ4n) is 1.34. The first-order valence-corrected chi connectivity index (χ1v) is 5.29. The van der Waals surface area contributed by atoms with Crippen molar-refractivity contribution in [2.45, 2.75) is 0 Å². The van der Waals surface area contributed by atoms with E-state index in [-0.39, 0.29) is 11.8 Å². The van der Waals surface area contributed by atoms with Crippen LogP contribution in [0, 0.1) is 0 Å². The number of nitrogens with one attached hydrogen (secondary N) is 1. The number of benzene rings is 1. The molecule has 0 bridgehead atoms. The van der Waals surface area contributed by atoms with Crippen molar-refractivity contribution in [3.63, 3.8) is 0 Å². The predicted octanol–water partition coefficient (Wildman–Crippen LogP) is 1.07. The Bertz CT molecular complexity index is 477. The smallest absolute Gasteiger partial charge is 0.265 e. The van der Waals surface area contributed by atoms with Crippen LogP contribution < -0.4 is 11.1 Å². The van der Waals surface area contributed by atoms with Crippen LogP contribution in [0.4, 0.5) is 5.69 Å². The summed E-state index contributed by atoms with van der Waals surface area (Å²) in [5.41, 5.74) is 7.28. The third-order valence-electron chi connectivity index (χ3n) is 2.07. The molecule has 0 aliphatic carbocycles. The molecule has 5 heteroatoms. The molecule has 1 aromatic rings. The number of hydrogen-bond acceptors (Lipinski definition) is 3. The van der Waals surface area contributed by atoms with Gasteiger partial charge in [-0.1, -0.05) is 12.1 Å². The molecule has 0 saturated carbocycles. The van der Waals surface area contributed by atoms with Crippen LogP contribution >= 0.6 is 22.6 Å². The number of anilines is 1. The number of hydrogen-bond donors (Lipinski definition) is 2. The van der Waals surface area contributed by atoms with Crippen molar-refractivity contribution >= 4 is 45.7 Å². The number of nitrogens with two attached hydrogens (primary N) is 1. The zero-order valence-corrected chi connectivity index (χ0v) is 9.74. The van der Waals surface area contributed by atoms with E-state index in [1.165, 1.54) is 0 Å². The quantitative estimate of drug-likeness (QED) is 0.463. The van der Waals surface area contributed by atoms with Gasteiger partial charge >= 0.3 is 0 Å². The molecule has 4 nitrogen and oxygen atoms in total. The van der Waals surface area contributed by atoms with Crippen molar-refractivity contribution in [1.82, 2.24) is 5.32 Å². The highest BCUT2D eigenvalue weighted by Crippen LogP contribution is 2.28. The second-order valence-electron chi connectivity index (χ2n) is 3.09. The molecule has 0 saturated heterocycles. The number of amides is 2. The van der Waals surface area contributed by atoms with Gasteiger partial charge in [0.2, 0.25) is 0 Å². The van der Waals surface area contributed by atoms with Gasteiger partial charge in [-0.25, -0.2) is 0 Å². The lowest BCUT2D eigenvalue weighted by Gasteiger charge is -2.00. The highest BCUT2D eigenvalue weighted by atomic mass is 127. The van der Waals surface area contributed by atoms with Crippen LogP contribution in [0.3, 0.4) is 0 Å². The van der Waals surface area contributed by atoms with Crippen molar-refractivity contribution < 1.29 is 9.59 Å². The van der Waals surface area contributed by atoms with Gasteiger partial charge in [0.25, 0.3) is 11.8 Å². The maximum Gasteiger partial charge on any atom is 0.265 e. The largest absolute Gasteiger partial charge is 0.399 e. The van der Waals surface area contributed by atoms with E-state index in [4.69, 9.17) is 5.73 Å². The minimum Gasteiger partial charge on any atom is -0.399 e. The van der Waals surface area contributed by atoms with Gasteiger partial charge in [-0.3, -0.25) is 14.9 Å². The van der Waals surface area contributed by atoms with E-state index in [1.807, 2.05) is 22.6 Å². The number of rotatable bonds is 1. The van der Waals surface area contributed by atoms with E-state index in [1.54, 1.807) is 24.3 Å². The van der Waals surface area contributed by atoms with Crippen LogP contribution in [-0.4, -0.2) is 11.8 Å². The number of nitrogen functional groups attached to an aromatic ring is 1. The minimum absolute atomic E-state index is 0.340. The summed E-state index contributed by atoms with van der Waals surface area (Å²) in [4.78, 5) is 22.7. The van der Waals surface area contributed by atoms with Crippen molar-refractivity contribution in [1.29, 1.82) is 0 Å². The number of carbonyl (C=O) groups is 2. The van der Waals surface area contributed by atoms with Crippen LogP contribution in [0.2, 0.25) is 0 Å². The van der Waals surface area contributed by atoms with E-state index in [0.29, 0.717) is 20.4 Å². The monoisotopic (exact) mass is 314 g/mol. The Morgan fingerprint density at radius 2 is 1.67 bits per heavy atom. The minimum atomic E-state index is -0.353. The first-order valence-electron chi connectivity index (χ1n) is 4.21. The van der Waals surface area contributed by atoms with Gasteiger partial charge in [-0.05, 0) is 40.3 Å². The summed E-state index contributed by atoms with van der Waals surface area (Å²) in [7, 11) is 0. The number of imide groups is 1. The standard InChI is InChI=1S/C10H7IN2O2/c11-8-7(9(14)13-10(8)15)5-1-3-6(12)4-2-5/h1-4H,12H2,(H,13,14,15). The van der Waals surface area contributed by atoms with E-state index < -0.39 is 0 Å². The molecule has 2 rings (SSSR count). The first-order chi connectivity index (χ1) is 7.09. The normalized spacial score (nSPS) is 15.8. The predicted molar refractivity (Wildman–Crippen MR) is 64.9 cm³/mol. The second kappa shape index (κ2) is 3.65. The van der Waals surface area contributed by atoms with Gasteiger partial charge in [0, 0.05) is 5.69 Å². The third-order valence-corrected chi connectivity index (χ3v) is 3.10. The SMILES string of the molecule is Nc1ccc(C2=C(I)C(=O)NC2=O)cc1. The summed E-state index contributed by atoms with van der Waals surface area (Å²) in [6.45, 7) is 0. The molecule has 0 atom stereocenters. The van der Waals surface area contributed by atoms with Crippen molar-refractivity contribution in [2.75, 3.05) is 5.73 Å². The van der Waals surface area contributed by atoms with Crippen molar-refractivity contribution in [2.24, 2.45) is 0 Å². The van der Waals surface area contributed by atoms with Gasteiger partial charge in [-0.15, -0.1) is 0 Å². The zero-order valence-electron chi connectivity index (χ0n) is 7.58. The lowest BCUT2D eigenvalue weighted by atomic mass is 10.1. The number of carbonyl (C=O) groups excluding carboxylic acids is 2. The summed E-state index contributed by atoms with van der Waals surface area (Å²) in [6.07, 6.45) is 0. The summed E-state index contributed by atoms with van der Waals surface area (Å²) >= 11 is 1.86. The summed E-state index contributed by atoms with van der Waals surface area (Å²) in [6, 6.07) is 6.84. The van der Waals surface area contributed by atoms with Gasteiger partial charge in [0.1, 0.15) is 0 Å². The van der Waals surface area contributed by atoms with Crippen molar-refractivity contribution in [3.8, 4) is 0 Å². The van der Waals surface area contributed by atoms with Crippen LogP contribution in [0.1, 0.15) is 5.56 Å². The van der Waals surface area contributed by atoms with Crippen LogP contribution in [0.5, 0.6) is 0 Å². The molecule has 1 aromatic carbocycles. The Kier molecular flexibility index (Phi) is 2.47. The molecular weight excluding hydrogens is 307 g/mol. The molecule has 1 heterocycles.